The summed E-state index contributed by atoms with van der Waals surface area (Å²) in [7, 11) is 0. The first-order valence-electron chi connectivity index (χ1n) is 4.73. The molecule has 2 aromatic rings. The van der Waals surface area contributed by atoms with Gasteiger partial charge in [-0.1, -0.05) is 6.07 Å². The molecule has 15 heavy (non-hydrogen) atoms. The third kappa shape index (κ3) is 1.53. The standard InChI is InChI=1S/C11H12N2O2/c1-7-11(8(2)15)13-5-9(6-14)3-4-10(13)12-7/h3-5,14H,6H2,1-2H3. The molecule has 2 rings (SSSR count). The van der Waals surface area contributed by atoms with Crippen LogP contribution in [0.3, 0.4) is 0 Å². The number of hydrogen-bond donors (Lipinski definition) is 1. The van der Waals surface area contributed by atoms with Gasteiger partial charge in [-0.15, -0.1) is 0 Å². The van der Waals surface area contributed by atoms with Crippen molar-refractivity contribution in [1.29, 1.82) is 0 Å². The first kappa shape index (κ1) is 9.86. The first-order valence-corrected chi connectivity index (χ1v) is 4.73. The van der Waals surface area contributed by atoms with Crippen LogP contribution in [0.15, 0.2) is 18.3 Å². The Labute approximate surface area is 87.2 Å². The summed E-state index contributed by atoms with van der Waals surface area (Å²) >= 11 is 0. The van der Waals surface area contributed by atoms with Gasteiger partial charge in [-0.3, -0.25) is 9.20 Å². The number of rotatable bonds is 2. The minimum atomic E-state index is -0.0372. The van der Waals surface area contributed by atoms with Crippen LogP contribution in [0.2, 0.25) is 0 Å². The van der Waals surface area contributed by atoms with Crippen LogP contribution in [0.1, 0.15) is 28.7 Å². The molecular weight excluding hydrogens is 192 g/mol. The maximum Gasteiger partial charge on any atom is 0.178 e. The molecule has 0 amide bonds. The molecule has 0 unspecified atom stereocenters. The average Bonchev–Trinajstić information content (AvgIpc) is 2.52. The molecule has 78 valence electrons. The van der Waals surface area contributed by atoms with Crippen molar-refractivity contribution in [3.05, 3.63) is 35.3 Å². The summed E-state index contributed by atoms with van der Waals surface area (Å²) in [6, 6.07) is 3.59. The molecule has 0 bridgehead atoms. The molecule has 0 atom stereocenters. The van der Waals surface area contributed by atoms with Crippen molar-refractivity contribution in [3.63, 3.8) is 0 Å². The van der Waals surface area contributed by atoms with Gasteiger partial charge in [-0.25, -0.2) is 4.98 Å². The number of hydrogen-bond acceptors (Lipinski definition) is 3. The van der Waals surface area contributed by atoms with Crippen molar-refractivity contribution in [1.82, 2.24) is 9.38 Å². The fraction of sp³-hybridized carbons (Fsp3) is 0.273. The molecule has 4 nitrogen and oxygen atoms in total. The predicted molar refractivity (Wildman–Crippen MR) is 55.9 cm³/mol. The van der Waals surface area contributed by atoms with Gasteiger partial charge < -0.3 is 5.11 Å². The number of imidazole rings is 1. The van der Waals surface area contributed by atoms with Gasteiger partial charge in [-0.2, -0.15) is 0 Å². The largest absolute Gasteiger partial charge is 0.392 e. The van der Waals surface area contributed by atoms with Crippen LogP contribution in [0.4, 0.5) is 0 Å². The Bertz CT molecular complexity index is 529. The summed E-state index contributed by atoms with van der Waals surface area (Å²) < 4.78 is 1.73. The maximum atomic E-state index is 11.4. The summed E-state index contributed by atoms with van der Waals surface area (Å²) in [5.74, 6) is -0.0184. The summed E-state index contributed by atoms with van der Waals surface area (Å²) in [6.07, 6.45) is 1.74. The summed E-state index contributed by atoms with van der Waals surface area (Å²) in [5, 5.41) is 9.01. The van der Waals surface area contributed by atoms with Crippen LogP contribution in [0.5, 0.6) is 0 Å². The zero-order valence-electron chi connectivity index (χ0n) is 8.69. The molecule has 2 aromatic heterocycles. The van der Waals surface area contributed by atoms with E-state index in [1.54, 1.807) is 22.7 Å². The molecule has 0 aliphatic rings. The monoisotopic (exact) mass is 204 g/mol. The van der Waals surface area contributed by atoms with Gasteiger partial charge in [0.15, 0.2) is 5.78 Å². The van der Waals surface area contributed by atoms with Gasteiger partial charge in [0.1, 0.15) is 11.3 Å². The quantitative estimate of drug-likeness (QED) is 0.751. The predicted octanol–water partition coefficient (Wildman–Crippen LogP) is 1.34. The van der Waals surface area contributed by atoms with Crippen molar-refractivity contribution >= 4 is 11.4 Å². The fourth-order valence-electron chi connectivity index (χ4n) is 1.72. The number of carbonyl (C=O) groups excluding carboxylic acids is 1. The second-order valence-electron chi connectivity index (χ2n) is 3.53. The second kappa shape index (κ2) is 3.47. The van der Waals surface area contributed by atoms with Gasteiger partial charge in [0.2, 0.25) is 0 Å². The van der Waals surface area contributed by atoms with E-state index < -0.39 is 0 Å². The molecule has 0 fully saturated rings. The van der Waals surface area contributed by atoms with Crippen LogP contribution in [-0.2, 0) is 6.61 Å². The van der Waals surface area contributed by atoms with E-state index in [4.69, 9.17) is 5.11 Å². The van der Waals surface area contributed by atoms with Crippen LogP contribution >= 0.6 is 0 Å². The number of fused-ring (bicyclic) bond motifs is 1. The smallest absolute Gasteiger partial charge is 0.178 e. The number of ketones is 1. The molecule has 0 aliphatic heterocycles. The van der Waals surface area contributed by atoms with E-state index in [0.717, 1.165) is 16.9 Å². The lowest BCUT2D eigenvalue weighted by molar-refractivity contribution is 0.101. The Morgan fingerprint density at radius 3 is 2.87 bits per heavy atom. The average molecular weight is 204 g/mol. The molecule has 0 spiro atoms. The Balaban J connectivity index is 2.77. The van der Waals surface area contributed by atoms with Crippen molar-refractivity contribution in [2.24, 2.45) is 0 Å². The molecule has 0 saturated carbocycles. The number of aromatic nitrogens is 2. The summed E-state index contributed by atoms with van der Waals surface area (Å²) in [5.41, 5.74) is 2.80. The Hall–Kier alpha value is -1.68. The Morgan fingerprint density at radius 1 is 1.53 bits per heavy atom. The third-order valence-corrected chi connectivity index (χ3v) is 2.37. The van der Waals surface area contributed by atoms with Crippen LogP contribution in [0.25, 0.3) is 5.65 Å². The van der Waals surface area contributed by atoms with Crippen LogP contribution in [-0.4, -0.2) is 20.3 Å². The minimum Gasteiger partial charge on any atom is -0.392 e. The van der Waals surface area contributed by atoms with E-state index >= 15 is 0 Å². The van der Waals surface area contributed by atoms with Gasteiger partial charge in [0.25, 0.3) is 0 Å². The minimum absolute atomic E-state index is 0.0184. The number of pyridine rings is 1. The van der Waals surface area contributed by atoms with Gasteiger partial charge >= 0.3 is 0 Å². The van der Waals surface area contributed by atoms with E-state index in [1.807, 2.05) is 6.92 Å². The Kier molecular flexibility index (Phi) is 2.28. The lowest BCUT2D eigenvalue weighted by Gasteiger charge is -2.00. The van der Waals surface area contributed by atoms with Crippen LogP contribution in [0, 0.1) is 6.92 Å². The number of aliphatic hydroxyl groups excluding tert-OH is 1. The van der Waals surface area contributed by atoms with Crippen molar-refractivity contribution in [3.8, 4) is 0 Å². The number of aliphatic hydroxyl groups is 1. The maximum absolute atomic E-state index is 11.4. The highest BCUT2D eigenvalue weighted by atomic mass is 16.3. The zero-order valence-corrected chi connectivity index (χ0v) is 8.69. The van der Waals surface area contributed by atoms with E-state index in [2.05, 4.69) is 4.98 Å². The lowest BCUT2D eigenvalue weighted by atomic mass is 10.2. The molecular formula is C11H12N2O2. The number of Topliss-reactive ketones (excluding diaryl/α,β-unsaturated/α-hetero) is 1. The highest BCUT2D eigenvalue weighted by molar-refractivity contribution is 5.94. The van der Waals surface area contributed by atoms with Crippen molar-refractivity contribution < 1.29 is 9.90 Å². The Morgan fingerprint density at radius 2 is 2.27 bits per heavy atom. The lowest BCUT2D eigenvalue weighted by Crippen LogP contribution is -2.01. The van der Waals surface area contributed by atoms with E-state index in [0.29, 0.717) is 5.69 Å². The number of aryl methyl sites for hydroxylation is 1. The van der Waals surface area contributed by atoms with Gasteiger partial charge in [0, 0.05) is 13.1 Å². The van der Waals surface area contributed by atoms with Gasteiger partial charge in [0.05, 0.1) is 12.3 Å². The topological polar surface area (TPSA) is 54.6 Å². The third-order valence-electron chi connectivity index (χ3n) is 2.37. The summed E-state index contributed by atoms with van der Waals surface area (Å²) in [6.45, 7) is 3.29. The van der Waals surface area contributed by atoms with E-state index in [-0.39, 0.29) is 12.4 Å². The molecule has 4 heteroatoms. The molecule has 0 saturated heterocycles. The fourth-order valence-corrected chi connectivity index (χ4v) is 1.72. The zero-order chi connectivity index (χ0) is 11.0. The molecule has 0 aromatic carbocycles. The SMILES string of the molecule is CC(=O)c1c(C)nc2ccc(CO)cn12. The summed E-state index contributed by atoms with van der Waals surface area (Å²) in [4.78, 5) is 15.7. The van der Waals surface area contributed by atoms with Crippen molar-refractivity contribution in [2.45, 2.75) is 20.5 Å². The number of nitrogens with zero attached hydrogens (tertiary/aromatic N) is 2. The normalized spacial score (nSPS) is 10.9. The van der Waals surface area contributed by atoms with E-state index in [1.165, 1.54) is 6.92 Å². The molecule has 1 N–H and O–H groups in total. The molecule has 0 aliphatic carbocycles. The van der Waals surface area contributed by atoms with Crippen molar-refractivity contribution in [2.75, 3.05) is 0 Å². The van der Waals surface area contributed by atoms with Crippen LogP contribution < -0.4 is 0 Å². The second-order valence-corrected chi connectivity index (χ2v) is 3.53. The highest BCUT2D eigenvalue weighted by Gasteiger charge is 2.12. The number of carbonyl (C=O) groups is 1. The highest BCUT2D eigenvalue weighted by Crippen LogP contribution is 2.14. The molecule has 2 heterocycles. The first-order chi connectivity index (χ1) is 7.13. The molecule has 0 radical (unpaired) electrons. The van der Waals surface area contributed by atoms with E-state index in [9.17, 15) is 4.79 Å². The van der Waals surface area contributed by atoms with Gasteiger partial charge in [-0.05, 0) is 18.6 Å².